The van der Waals surface area contributed by atoms with E-state index in [4.69, 9.17) is 5.73 Å². The van der Waals surface area contributed by atoms with Crippen LogP contribution in [0.15, 0.2) is 53.4 Å². The molecule has 2 aromatic carbocycles. The highest BCUT2D eigenvalue weighted by Crippen LogP contribution is 2.29. The fourth-order valence-corrected chi connectivity index (χ4v) is 3.20. The number of anilines is 2. The highest BCUT2D eigenvalue weighted by atomic mass is 32.2. The Kier molecular flexibility index (Phi) is 4.65. The van der Waals surface area contributed by atoms with Crippen molar-refractivity contribution in [3.8, 4) is 0 Å². The maximum Gasteiger partial charge on any atom is 0.180 e. The summed E-state index contributed by atoms with van der Waals surface area (Å²) in [6.07, 6.45) is 0. The third-order valence-electron chi connectivity index (χ3n) is 3.32. The second-order valence-electron chi connectivity index (χ2n) is 4.90. The first-order chi connectivity index (χ1) is 9.95. The van der Waals surface area contributed by atoms with E-state index in [-0.39, 0.29) is 11.8 Å². The molecule has 0 saturated heterocycles. The molecule has 21 heavy (non-hydrogen) atoms. The number of hydrogen-bond donors (Lipinski definition) is 2. The van der Waals surface area contributed by atoms with E-state index < -0.39 is 9.84 Å². The van der Waals surface area contributed by atoms with Crippen molar-refractivity contribution in [3.05, 3.63) is 54.1 Å². The number of hydrogen-bond acceptors (Lipinski definition) is 4. The lowest BCUT2D eigenvalue weighted by molar-refractivity contribution is 0.597. The zero-order valence-corrected chi connectivity index (χ0v) is 13.0. The van der Waals surface area contributed by atoms with E-state index in [0.29, 0.717) is 10.6 Å². The van der Waals surface area contributed by atoms with E-state index in [1.165, 1.54) is 0 Å². The number of nitrogens with two attached hydrogens (primary N) is 1. The van der Waals surface area contributed by atoms with Crippen LogP contribution in [0, 0.1) is 0 Å². The van der Waals surface area contributed by atoms with Crippen LogP contribution in [0.5, 0.6) is 0 Å². The third kappa shape index (κ3) is 3.43. The van der Waals surface area contributed by atoms with Crippen LogP contribution < -0.4 is 11.1 Å². The van der Waals surface area contributed by atoms with Crippen LogP contribution in [0.2, 0.25) is 0 Å². The highest BCUT2D eigenvalue weighted by molar-refractivity contribution is 7.91. The molecule has 1 unspecified atom stereocenters. The molecule has 0 aliphatic rings. The van der Waals surface area contributed by atoms with E-state index in [9.17, 15) is 8.42 Å². The lowest BCUT2D eigenvalue weighted by Crippen LogP contribution is -2.10. The van der Waals surface area contributed by atoms with Gasteiger partial charge in [-0.1, -0.05) is 37.3 Å². The number of nitrogens with one attached hydrogen (secondary N) is 1. The van der Waals surface area contributed by atoms with Gasteiger partial charge in [-0.3, -0.25) is 0 Å². The lowest BCUT2D eigenvalue weighted by Gasteiger charge is -2.16. The molecule has 5 heteroatoms. The fraction of sp³-hybridized carbons (Fsp3) is 0.250. The van der Waals surface area contributed by atoms with Gasteiger partial charge in [0.05, 0.1) is 16.3 Å². The molecule has 0 spiro atoms. The molecule has 0 saturated carbocycles. The Hall–Kier alpha value is -1.85. The number of benzene rings is 2. The number of para-hydroxylation sites is 2. The van der Waals surface area contributed by atoms with Crippen molar-refractivity contribution >= 4 is 21.2 Å². The Balaban J connectivity index is 2.47. The second-order valence-corrected chi connectivity index (χ2v) is 7.15. The zero-order chi connectivity index (χ0) is 15.5. The van der Waals surface area contributed by atoms with Crippen molar-refractivity contribution in [3.63, 3.8) is 0 Å². The minimum absolute atomic E-state index is 0.0701. The molecule has 1 atom stereocenters. The average Bonchev–Trinajstić information content (AvgIpc) is 2.48. The average molecular weight is 304 g/mol. The lowest BCUT2D eigenvalue weighted by atomic mass is 10.1. The van der Waals surface area contributed by atoms with Crippen molar-refractivity contribution in [1.82, 2.24) is 0 Å². The molecule has 2 rings (SSSR count). The third-order valence-corrected chi connectivity index (χ3v) is 5.11. The van der Waals surface area contributed by atoms with Gasteiger partial charge in [0.15, 0.2) is 9.84 Å². The van der Waals surface area contributed by atoms with Crippen molar-refractivity contribution in [1.29, 1.82) is 0 Å². The summed E-state index contributed by atoms with van der Waals surface area (Å²) in [5, 5.41) is 3.20. The molecule has 0 aromatic heterocycles. The molecule has 112 valence electrons. The first-order valence-electron chi connectivity index (χ1n) is 6.89. The summed E-state index contributed by atoms with van der Waals surface area (Å²) in [7, 11) is -3.28. The van der Waals surface area contributed by atoms with Crippen LogP contribution in [0.4, 0.5) is 11.4 Å². The molecule has 4 nitrogen and oxygen atoms in total. The maximum absolute atomic E-state index is 12.2. The van der Waals surface area contributed by atoms with Crippen molar-refractivity contribution < 1.29 is 8.42 Å². The van der Waals surface area contributed by atoms with Gasteiger partial charge in [-0.25, -0.2) is 8.42 Å². The van der Waals surface area contributed by atoms with Gasteiger partial charge in [-0.05, 0) is 30.7 Å². The summed E-state index contributed by atoms with van der Waals surface area (Å²) in [4.78, 5) is 0.312. The molecule has 3 N–H and O–H groups in total. The molecular formula is C16H20N2O2S. The molecule has 0 heterocycles. The molecular weight excluding hydrogens is 284 g/mol. The minimum atomic E-state index is -3.28. The van der Waals surface area contributed by atoms with Gasteiger partial charge >= 0.3 is 0 Å². The van der Waals surface area contributed by atoms with Crippen molar-refractivity contribution in [2.75, 3.05) is 11.1 Å². The summed E-state index contributed by atoms with van der Waals surface area (Å²) in [6.45, 7) is 3.54. The molecule has 0 aliphatic carbocycles. The molecule has 0 fully saturated rings. The summed E-state index contributed by atoms with van der Waals surface area (Å²) in [5.74, 6) is 0.0701. The fourth-order valence-electron chi connectivity index (χ4n) is 2.15. The van der Waals surface area contributed by atoms with Crippen LogP contribution in [-0.4, -0.2) is 14.2 Å². The number of sulfone groups is 1. The molecule has 0 aliphatic heterocycles. The Morgan fingerprint density at radius 3 is 2.24 bits per heavy atom. The topological polar surface area (TPSA) is 72.2 Å². The van der Waals surface area contributed by atoms with Crippen LogP contribution >= 0.6 is 0 Å². The van der Waals surface area contributed by atoms with Crippen molar-refractivity contribution in [2.45, 2.75) is 24.8 Å². The summed E-state index contributed by atoms with van der Waals surface area (Å²) < 4.78 is 24.3. The molecule has 0 bridgehead atoms. The van der Waals surface area contributed by atoms with Gasteiger partial charge in [-0.2, -0.15) is 0 Å². The van der Waals surface area contributed by atoms with Crippen molar-refractivity contribution in [2.24, 2.45) is 5.73 Å². The summed E-state index contributed by atoms with van der Waals surface area (Å²) >= 11 is 0. The summed E-state index contributed by atoms with van der Waals surface area (Å²) in [6, 6.07) is 14.4. The normalized spacial score (nSPS) is 12.9. The highest BCUT2D eigenvalue weighted by Gasteiger charge is 2.17. The minimum Gasteiger partial charge on any atom is -0.354 e. The van der Waals surface area contributed by atoms with E-state index in [2.05, 4.69) is 5.32 Å². The number of rotatable bonds is 5. The van der Waals surface area contributed by atoms with Crippen LogP contribution in [0.3, 0.4) is 0 Å². The summed E-state index contributed by atoms with van der Waals surface area (Å²) in [5.41, 5.74) is 8.31. The quantitative estimate of drug-likeness (QED) is 0.889. The predicted octanol–water partition coefficient (Wildman–Crippen LogP) is 3.24. The van der Waals surface area contributed by atoms with E-state index >= 15 is 0 Å². The van der Waals surface area contributed by atoms with Crippen LogP contribution in [-0.2, 0) is 9.84 Å². The van der Waals surface area contributed by atoms with Crippen LogP contribution in [0.1, 0.15) is 25.5 Å². The van der Waals surface area contributed by atoms with Crippen LogP contribution in [0.25, 0.3) is 0 Å². The molecule has 2 aromatic rings. The van der Waals surface area contributed by atoms with Gasteiger partial charge in [0, 0.05) is 11.7 Å². The maximum atomic E-state index is 12.2. The predicted molar refractivity (Wildman–Crippen MR) is 86.5 cm³/mol. The Bertz CT molecular complexity index is 725. The standard InChI is InChI=1S/C16H20N2O2S/c1-3-21(19,20)16-11-7-6-10-15(16)18-14-9-5-4-8-13(14)12(2)17/h4-12,18H,3,17H2,1-2H3. The van der Waals surface area contributed by atoms with E-state index in [1.807, 2.05) is 37.3 Å². The second kappa shape index (κ2) is 6.28. The van der Waals surface area contributed by atoms with Gasteiger partial charge in [0.2, 0.25) is 0 Å². The molecule has 0 radical (unpaired) electrons. The first kappa shape index (κ1) is 15.5. The molecule has 0 amide bonds. The SMILES string of the molecule is CCS(=O)(=O)c1ccccc1Nc1ccccc1C(C)N. The Morgan fingerprint density at radius 1 is 1.05 bits per heavy atom. The Labute approximate surface area is 125 Å². The Morgan fingerprint density at radius 2 is 1.62 bits per heavy atom. The monoisotopic (exact) mass is 304 g/mol. The van der Waals surface area contributed by atoms with E-state index in [0.717, 1.165) is 11.3 Å². The van der Waals surface area contributed by atoms with Gasteiger partial charge in [0.1, 0.15) is 0 Å². The van der Waals surface area contributed by atoms with E-state index in [1.54, 1.807) is 25.1 Å². The smallest absolute Gasteiger partial charge is 0.180 e. The largest absolute Gasteiger partial charge is 0.354 e. The van der Waals surface area contributed by atoms with Gasteiger partial charge in [0.25, 0.3) is 0 Å². The zero-order valence-electron chi connectivity index (χ0n) is 12.2. The van der Waals surface area contributed by atoms with Gasteiger partial charge < -0.3 is 11.1 Å². The first-order valence-corrected chi connectivity index (χ1v) is 8.54. The van der Waals surface area contributed by atoms with Gasteiger partial charge in [-0.15, -0.1) is 0 Å².